The summed E-state index contributed by atoms with van der Waals surface area (Å²) < 4.78 is 1.89. The predicted molar refractivity (Wildman–Crippen MR) is 74.6 cm³/mol. The lowest BCUT2D eigenvalue weighted by Crippen LogP contribution is -2.33. The maximum Gasteiger partial charge on any atom is 0.236 e. The highest BCUT2D eigenvalue weighted by Crippen LogP contribution is 2.17. The van der Waals surface area contributed by atoms with Gasteiger partial charge in [-0.3, -0.25) is 4.79 Å². The standard InChI is InChI=1S/C14H15N5O/c1-18-10-17-7-13(18)8-19(9-14(16)20)12-4-2-11(6-15)3-5-12/h2-5,7,10H,8-9H2,1H3,(H2,16,20). The van der Waals surface area contributed by atoms with Crippen LogP contribution in [0.25, 0.3) is 0 Å². The Hall–Kier alpha value is -2.81. The molecule has 0 unspecified atom stereocenters. The maximum absolute atomic E-state index is 11.2. The Balaban J connectivity index is 2.24. The molecule has 0 spiro atoms. The van der Waals surface area contributed by atoms with Crippen molar-refractivity contribution in [2.24, 2.45) is 12.8 Å². The maximum atomic E-state index is 11.2. The van der Waals surface area contributed by atoms with Gasteiger partial charge >= 0.3 is 0 Å². The zero-order chi connectivity index (χ0) is 14.5. The van der Waals surface area contributed by atoms with Crippen LogP contribution in [0.4, 0.5) is 5.69 Å². The molecule has 1 aromatic carbocycles. The second-order valence-corrected chi connectivity index (χ2v) is 4.48. The van der Waals surface area contributed by atoms with Crippen LogP contribution in [0.15, 0.2) is 36.8 Å². The summed E-state index contributed by atoms with van der Waals surface area (Å²) in [5.41, 5.74) is 7.68. The molecule has 0 atom stereocenters. The van der Waals surface area contributed by atoms with Crippen molar-refractivity contribution in [3.8, 4) is 6.07 Å². The lowest BCUT2D eigenvalue weighted by molar-refractivity contribution is -0.116. The molecule has 1 aromatic heterocycles. The molecule has 2 aromatic rings. The fourth-order valence-corrected chi connectivity index (χ4v) is 1.91. The van der Waals surface area contributed by atoms with Gasteiger partial charge in [0.15, 0.2) is 0 Å². The molecule has 0 radical (unpaired) electrons. The number of aryl methyl sites for hydroxylation is 1. The van der Waals surface area contributed by atoms with E-state index in [2.05, 4.69) is 11.1 Å². The van der Waals surface area contributed by atoms with Gasteiger partial charge in [-0.15, -0.1) is 0 Å². The largest absolute Gasteiger partial charge is 0.368 e. The molecule has 0 saturated heterocycles. The van der Waals surface area contributed by atoms with Gasteiger partial charge in [-0.1, -0.05) is 0 Å². The number of hydrogen-bond donors (Lipinski definition) is 1. The summed E-state index contributed by atoms with van der Waals surface area (Å²) in [4.78, 5) is 17.1. The molecular weight excluding hydrogens is 254 g/mol. The molecule has 0 saturated carbocycles. The summed E-state index contributed by atoms with van der Waals surface area (Å²) in [6.07, 6.45) is 3.45. The van der Waals surface area contributed by atoms with Crippen molar-refractivity contribution in [3.05, 3.63) is 48.0 Å². The average Bonchev–Trinajstić information content (AvgIpc) is 2.83. The fraction of sp³-hybridized carbons (Fsp3) is 0.214. The Morgan fingerprint density at radius 2 is 2.15 bits per heavy atom. The van der Waals surface area contributed by atoms with Crippen molar-refractivity contribution in [2.75, 3.05) is 11.4 Å². The van der Waals surface area contributed by atoms with E-state index in [1.54, 1.807) is 36.8 Å². The van der Waals surface area contributed by atoms with Crippen molar-refractivity contribution < 1.29 is 4.79 Å². The summed E-state index contributed by atoms with van der Waals surface area (Å²) in [7, 11) is 1.89. The van der Waals surface area contributed by atoms with Crippen LogP contribution < -0.4 is 10.6 Å². The van der Waals surface area contributed by atoms with Crippen molar-refractivity contribution in [3.63, 3.8) is 0 Å². The summed E-state index contributed by atoms with van der Waals surface area (Å²) in [6, 6.07) is 9.10. The van der Waals surface area contributed by atoms with Gasteiger partial charge in [-0.2, -0.15) is 5.26 Å². The van der Waals surface area contributed by atoms with Gasteiger partial charge in [0, 0.05) is 18.9 Å². The minimum absolute atomic E-state index is 0.108. The minimum Gasteiger partial charge on any atom is -0.368 e. The van der Waals surface area contributed by atoms with Crippen LogP contribution in [0.1, 0.15) is 11.3 Å². The van der Waals surface area contributed by atoms with E-state index < -0.39 is 5.91 Å². The third kappa shape index (κ3) is 3.14. The third-order valence-corrected chi connectivity index (χ3v) is 2.98. The predicted octanol–water partition coefficient (Wildman–Crippen LogP) is 0.784. The Labute approximate surface area is 117 Å². The van der Waals surface area contributed by atoms with Crippen molar-refractivity contribution >= 4 is 11.6 Å². The molecule has 102 valence electrons. The second-order valence-electron chi connectivity index (χ2n) is 4.48. The average molecular weight is 269 g/mol. The monoisotopic (exact) mass is 269 g/mol. The van der Waals surface area contributed by atoms with Crippen LogP contribution >= 0.6 is 0 Å². The Bertz CT molecular complexity index is 638. The molecular formula is C14H15N5O. The minimum atomic E-state index is -0.406. The topological polar surface area (TPSA) is 87.9 Å². The first-order valence-electron chi connectivity index (χ1n) is 6.09. The number of primary amides is 1. The van der Waals surface area contributed by atoms with Crippen LogP contribution in [-0.2, 0) is 18.4 Å². The van der Waals surface area contributed by atoms with Crippen LogP contribution in [0.5, 0.6) is 0 Å². The van der Waals surface area contributed by atoms with E-state index >= 15 is 0 Å². The molecule has 20 heavy (non-hydrogen) atoms. The van der Waals surface area contributed by atoms with Crippen molar-refractivity contribution in [2.45, 2.75) is 6.54 Å². The van der Waals surface area contributed by atoms with Gasteiger partial charge in [-0.05, 0) is 24.3 Å². The van der Waals surface area contributed by atoms with Gasteiger partial charge in [0.2, 0.25) is 5.91 Å². The van der Waals surface area contributed by atoms with Gasteiger partial charge in [-0.25, -0.2) is 4.98 Å². The molecule has 6 heteroatoms. The molecule has 2 rings (SSSR count). The molecule has 0 aliphatic rings. The first kappa shape index (κ1) is 13.6. The quantitative estimate of drug-likeness (QED) is 0.869. The summed E-state index contributed by atoms with van der Waals surface area (Å²) in [5.74, 6) is -0.406. The summed E-state index contributed by atoms with van der Waals surface area (Å²) >= 11 is 0. The number of rotatable bonds is 5. The Morgan fingerprint density at radius 1 is 1.45 bits per heavy atom. The molecule has 0 aliphatic heterocycles. The van der Waals surface area contributed by atoms with Crippen LogP contribution in [-0.4, -0.2) is 22.0 Å². The molecule has 6 nitrogen and oxygen atoms in total. The highest BCUT2D eigenvalue weighted by Gasteiger charge is 2.12. The molecule has 0 bridgehead atoms. The zero-order valence-electron chi connectivity index (χ0n) is 11.2. The third-order valence-electron chi connectivity index (χ3n) is 2.98. The number of anilines is 1. The van der Waals surface area contributed by atoms with Gasteiger partial charge in [0.05, 0.1) is 36.7 Å². The lowest BCUT2D eigenvalue weighted by Gasteiger charge is -2.23. The number of nitriles is 1. The number of imidazole rings is 1. The van der Waals surface area contributed by atoms with Crippen LogP contribution in [0.3, 0.4) is 0 Å². The first-order chi connectivity index (χ1) is 9.60. The first-order valence-corrected chi connectivity index (χ1v) is 6.09. The number of carbonyl (C=O) groups excluding carboxylic acids is 1. The van der Waals surface area contributed by atoms with E-state index in [1.165, 1.54) is 0 Å². The summed E-state index contributed by atoms with van der Waals surface area (Å²) in [6.45, 7) is 0.627. The molecule has 1 amide bonds. The zero-order valence-corrected chi connectivity index (χ0v) is 11.2. The number of hydrogen-bond acceptors (Lipinski definition) is 4. The van der Waals surface area contributed by atoms with E-state index in [4.69, 9.17) is 11.0 Å². The van der Waals surface area contributed by atoms with Gasteiger partial charge < -0.3 is 15.2 Å². The number of aromatic nitrogens is 2. The molecule has 0 fully saturated rings. The Kier molecular flexibility index (Phi) is 4.01. The SMILES string of the molecule is Cn1cncc1CN(CC(N)=O)c1ccc(C#N)cc1. The Morgan fingerprint density at radius 3 is 2.65 bits per heavy atom. The highest BCUT2D eigenvalue weighted by molar-refractivity contribution is 5.79. The van der Waals surface area contributed by atoms with E-state index in [-0.39, 0.29) is 6.54 Å². The van der Waals surface area contributed by atoms with Crippen molar-refractivity contribution in [1.82, 2.24) is 9.55 Å². The number of nitrogens with zero attached hydrogens (tertiary/aromatic N) is 4. The normalized spacial score (nSPS) is 10.0. The highest BCUT2D eigenvalue weighted by atomic mass is 16.1. The summed E-state index contributed by atoms with van der Waals surface area (Å²) in [5, 5.41) is 8.81. The second kappa shape index (κ2) is 5.89. The van der Waals surface area contributed by atoms with Crippen molar-refractivity contribution in [1.29, 1.82) is 5.26 Å². The van der Waals surface area contributed by atoms with E-state index in [9.17, 15) is 4.79 Å². The number of nitrogens with two attached hydrogens (primary N) is 1. The van der Waals surface area contributed by atoms with Crippen LogP contribution in [0, 0.1) is 11.3 Å². The molecule has 1 heterocycles. The van der Waals surface area contributed by atoms with E-state index in [0.29, 0.717) is 12.1 Å². The van der Waals surface area contributed by atoms with Gasteiger partial charge in [0.25, 0.3) is 0 Å². The fourth-order valence-electron chi connectivity index (χ4n) is 1.91. The number of amides is 1. The molecule has 2 N–H and O–H groups in total. The smallest absolute Gasteiger partial charge is 0.236 e. The van der Waals surface area contributed by atoms with Gasteiger partial charge in [0.1, 0.15) is 0 Å². The van der Waals surface area contributed by atoms with Crippen LogP contribution in [0.2, 0.25) is 0 Å². The van der Waals surface area contributed by atoms with E-state index in [1.807, 2.05) is 16.5 Å². The molecule has 0 aliphatic carbocycles. The number of carbonyl (C=O) groups is 1. The van der Waals surface area contributed by atoms with E-state index in [0.717, 1.165) is 11.4 Å². The lowest BCUT2D eigenvalue weighted by atomic mass is 10.2. The number of benzene rings is 1.